The summed E-state index contributed by atoms with van der Waals surface area (Å²) in [4.78, 5) is 4.01. The Balaban J connectivity index is 2.89. The van der Waals surface area contributed by atoms with Crippen LogP contribution in [-0.4, -0.2) is 18.6 Å². The van der Waals surface area contributed by atoms with E-state index in [-0.39, 0.29) is 11.6 Å². The molecule has 0 unspecified atom stereocenters. The highest BCUT2D eigenvalue weighted by atomic mass is 19.4. The van der Waals surface area contributed by atoms with Crippen molar-refractivity contribution in [3.63, 3.8) is 0 Å². The number of nitrogens with one attached hydrogen (secondary N) is 2. The largest absolute Gasteiger partial charge is 0.416 e. The smallest absolute Gasteiger partial charge is 0.373 e. The van der Waals surface area contributed by atoms with Crippen LogP contribution in [0.25, 0.3) is 0 Å². The molecule has 1 aromatic heterocycles. The topological polar surface area (TPSA) is 37.0 Å². The van der Waals surface area contributed by atoms with E-state index in [1.807, 2.05) is 6.92 Å². The monoisotopic (exact) mass is 247 g/mol. The van der Waals surface area contributed by atoms with Crippen LogP contribution in [0.15, 0.2) is 12.1 Å². The molecular formula is C11H16F3N3. The minimum Gasteiger partial charge on any atom is -0.373 e. The van der Waals surface area contributed by atoms with Gasteiger partial charge in [-0.25, -0.2) is 4.98 Å². The van der Waals surface area contributed by atoms with Gasteiger partial charge in [-0.1, -0.05) is 13.3 Å². The second kappa shape index (κ2) is 5.75. The van der Waals surface area contributed by atoms with Crippen molar-refractivity contribution in [2.24, 2.45) is 0 Å². The van der Waals surface area contributed by atoms with E-state index in [0.29, 0.717) is 6.54 Å². The van der Waals surface area contributed by atoms with Crippen LogP contribution < -0.4 is 10.6 Å². The number of anilines is 2. The van der Waals surface area contributed by atoms with Crippen molar-refractivity contribution in [1.82, 2.24) is 4.98 Å². The minimum absolute atomic E-state index is 0.207. The Bertz CT molecular complexity index is 363. The van der Waals surface area contributed by atoms with E-state index in [1.54, 1.807) is 0 Å². The highest BCUT2D eigenvalue weighted by molar-refractivity contribution is 5.49. The van der Waals surface area contributed by atoms with E-state index in [4.69, 9.17) is 0 Å². The summed E-state index contributed by atoms with van der Waals surface area (Å²) in [5, 5.41) is 5.50. The lowest BCUT2D eigenvalue weighted by Gasteiger charge is -2.12. The molecule has 0 atom stereocenters. The Morgan fingerprint density at radius 3 is 2.41 bits per heavy atom. The molecule has 0 aliphatic carbocycles. The second-order valence-corrected chi connectivity index (χ2v) is 3.65. The first-order valence-corrected chi connectivity index (χ1v) is 5.48. The zero-order chi connectivity index (χ0) is 12.9. The van der Waals surface area contributed by atoms with Crippen LogP contribution in [0.4, 0.5) is 24.8 Å². The minimum atomic E-state index is -4.35. The summed E-state index contributed by atoms with van der Waals surface area (Å²) >= 11 is 0. The first-order chi connectivity index (χ1) is 7.97. The van der Waals surface area contributed by atoms with Crippen molar-refractivity contribution >= 4 is 11.6 Å². The van der Waals surface area contributed by atoms with Gasteiger partial charge >= 0.3 is 6.18 Å². The second-order valence-electron chi connectivity index (χ2n) is 3.65. The molecule has 0 radical (unpaired) electrons. The maximum absolute atomic E-state index is 12.6. The molecule has 0 aliphatic rings. The van der Waals surface area contributed by atoms with Crippen molar-refractivity contribution in [2.75, 3.05) is 24.2 Å². The van der Waals surface area contributed by atoms with Gasteiger partial charge in [0.05, 0.1) is 5.56 Å². The van der Waals surface area contributed by atoms with Crippen LogP contribution in [0.1, 0.15) is 25.3 Å². The Morgan fingerprint density at radius 1 is 1.24 bits per heavy atom. The maximum Gasteiger partial charge on any atom is 0.416 e. The molecule has 17 heavy (non-hydrogen) atoms. The fourth-order valence-corrected chi connectivity index (χ4v) is 1.31. The number of halogens is 3. The van der Waals surface area contributed by atoms with Gasteiger partial charge in [-0.3, -0.25) is 0 Å². The summed E-state index contributed by atoms with van der Waals surface area (Å²) in [7, 11) is 1.54. The summed E-state index contributed by atoms with van der Waals surface area (Å²) < 4.78 is 37.8. The molecule has 0 aromatic carbocycles. The fourth-order valence-electron chi connectivity index (χ4n) is 1.31. The Morgan fingerprint density at radius 2 is 1.88 bits per heavy atom. The molecule has 0 saturated carbocycles. The summed E-state index contributed by atoms with van der Waals surface area (Å²) in [5.41, 5.74) is -0.698. The highest BCUT2D eigenvalue weighted by Crippen LogP contribution is 2.31. The Kier molecular flexibility index (Phi) is 4.60. The fraction of sp³-hybridized carbons (Fsp3) is 0.545. The molecule has 0 amide bonds. The van der Waals surface area contributed by atoms with Crippen molar-refractivity contribution in [3.05, 3.63) is 17.7 Å². The van der Waals surface area contributed by atoms with E-state index in [2.05, 4.69) is 15.6 Å². The number of hydrogen-bond acceptors (Lipinski definition) is 3. The predicted octanol–water partition coefficient (Wildman–Crippen LogP) is 3.35. The van der Waals surface area contributed by atoms with Gasteiger partial charge < -0.3 is 10.6 Å². The average molecular weight is 247 g/mol. The maximum atomic E-state index is 12.6. The molecule has 0 fully saturated rings. The van der Waals surface area contributed by atoms with E-state index < -0.39 is 11.7 Å². The quantitative estimate of drug-likeness (QED) is 0.783. The molecule has 0 spiro atoms. The normalized spacial score (nSPS) is 11.4. The first-order valence-electron chi connectivity index (χ1n) is 5.48. The average Bonchev–Trinajstić information content (AvgIpc) is 2.28. The third-order valence-corrected chi connectivity index (χ3v) is 2.25. The zero-order valence-corrected chi connectivity index (χ0v) is 9.86. The van der Waals surface area contributed by atoms with Crippen LogP contribution in [0.3, 0.4) is 0 Å². The number of rotatable bonds is 5. The molecule has 2 N–H and O–H groups in total. The van der Waals surface area contributed by atoms with Crippen LogP contribution in [0.2, 0.25) is 0 Å². The number of unbranched alkanes of at least 4 members (excludes halogenated alkanes) is 1. The molecule has 1 heterocycles. The number of hydrogen-bond donors (Lipinski definition) is 2. The van der Waals surface area contributed by atoms with Gasteiger partial charge in [-0.2, -0.15) is 13.2 Å². The zero-order valence-electron chi connectivity index (χ0n) is 9.86. The summed E-state index contributed by atoms with van der Waals surface area (Å²) in [6.07, 6.45) is -2.48. The molecule has 96 valence electrons. The SMILES string of the molecule is CCCCNc1cc(C(F)(F)F)cc(NC)n1. The van der Waals surface area contributed by atoms with Crippen molar-refractivity contribution in [1.29, 1.82) is 0 Å². The number of pyridine rings is 1. The van der Waals surface area contributed by atoms with Gasteiger partial charge in [-0.05, 0) is 18.6 Å². The summed E-state index contributed by atoms with van der Waals surface area (Å²) in [6, 6.07) is 2.02. The van der Waals surface area contributed by atoms with Gasteiger partial charge in [-0.15, -0.1) is 0 Å². The third-order valence-electron chi connectivity index (χ3n) is 2.25. The van der Waals surface area contributed by atoms with Gasteiger partial charge in [0.15, 0.2) is 0 Å². The number of nitrogens with zero attached hydrogens (tertiary/aromatic N) is 1. The first kappa shape index (κ1) is 13.6. The molecule has 6 heteroatoms. The van der Waals surface area contributed by atoms with Gasteiger partial charge in [0.25, 0.3) is 0 Å². The van der Waals surface area contributed by atoms with E-state index in [1.165, 1.54) is 7.05 Å². The van der Waals surface area contributed by atoms with Crippen molar-refractivity contribution < 1.29 is 13.2 Å². The molecule has 0 saturated heterocycles. The molecule has 0 aliphatic heterocycles. The van der Waals surface area contributed by atoms with Crippen molar-refractivity contribution in [2.45, 2.75) is 25.9 Å². The molecule has 3 nitrogen and oxygen atoms in total. The molecule has 1 aromatic rings. The lowest BCUT2D eigenvalue weighted by molar-refractivity contribution is -0.137. The van der Waals surface area contributed by atoms with Crippen LogP contribution >= 0.6 is 0 Å². The van der Waals surface area contributed by atoms with Gasteiger partial charge in [0, 0.05) is 13.6 Å². The van der Waals surface area contributed by atoms with Gasteiger partial charge in [0.1, 0.15) is 11.6 Å². The molecule has 0 bridgehead atoms. The lowest BCUT2D eigenvalue weighted by atomic mass is 10.2. The Labute approximate surface area is 98.4 Å². The highest BCUT2D eigenvalue weighted by Gasteiger charge is 2.31. The van der Waals surface area contributed by atoms with E-state index in [9.17, 15) is 13.2 Å². The summed E-state index contributed by atoms with van der Waals surface area (Å²) in [5.74, 6) is 0.455. The predicted molar refractivity (Wildman–Crippen MR) is 62.2 cm³/mol. The molecule has 1 rings (SSSR count). The van der Waals surface area contributed by atoms with Gasteiger partial charge in [0.2, 0.25) is 0 Å². The number of alkyl halides is 3. The van der Waals surface area contributed by atoms with E-state index >= 15 is 0 Å². The van der Waals surface area contributed by atoms with Crippen LogP contribution in [-0.2, 0) is 6.18 Å². The van der Waals surface area contributed by atoms with Crippen LogP contribution in [0, 0.1) is 0 Å². The third kappa shape index (κ3) is 4.13. The van der Waals surface area contributed by atoms with Crippen molar-refractivity contribution in [3.8, 4) is 0 Å². The summed E-state index contributed by atoms with van der Waals surface area (Å²) in [6.45, 7) is 2.63. The Hall–Kier alpha value is -1.46. The van der Waals surface area contributed by atoms with Crippen LogP contribution in [0.5, 0.6) is 0 Å². The standard InChI is InChI=1S/C11H16F3N3/c1-3-4-5-16-10-7-8(11(12,13)14)6-9(15-2)17-10/h6-7H,3-5H2,1-2H3,(H2,15,16,17). The van der Waals surface area contributed by atoms with E-state index in [0.717, 1.165) is 25.0 Å². The molecular weight excluding hydrogens is 231 g/mol. The number of aromatic nitrogens is 1. The lowest BCUT2D eigenvalue weighted by Crippen LogP contribution is -2.10.